The SMILES string of the molecule is CCN(CC)CCC(N)c1c(F)cccc1OC. The Morgan fingerprint density at radius 1 is 1.33 bits per heavy atom. The lowest BCUT2D eigenvalue weighted by molar-refractivity contribution is 0.288. The predicted molar refractivity (Wildman–Crippen MR) is 72.3 cm³/mol. The Balaban J connectivity index is 2.74. The molecule has 2 N–H and O–H groups in total. The third kappa shape index (κ3) is 3.68. The molecule has 102 valence electrons. The fraction of sp³-hybridized carbons (Fsp3) is 0.571. The summed E-state index contributed by atoms with van der Waals surface area (Å²) in [7, 11) is 1.54. The third-order valence-corrected chi connectivity index (χ3v) is 3.25. The standard InChI is InChI=1S/C14H23FN2O/c1-4-17(5-2)10-9-12(16)14-11(15)7-6-8-13(14)18-3/h6-8,12H,4-5,9-10,16H2,1-3H3. The van der Waals surface area contributed by atoms with Crippen molar-refractivity contribution in [1.82, 2.24) is 4.90 Å². The van der Waals surface area contributed by atoms with Gasteiger partial charge in [0.2, 0.25) is 0 Å². The number of rotatable bonds is 7. The van der Waals surface area contributed by atoms with Crippen LogP contribution < -0.4 is 10.5 Å². The third-order valence-electron chi connectivity index (χ3n) is 3.25. The Labute approximate surface area is 109 Å². The molecule has 1 rings (SSSR count). The zero-order chi connectivity index (χ0) is 13.5. The van der Waals surface area contributed by atoms with Crippen molar-refractivity contribution in [3.8, 4) is 5.75 Å². The van der Waals surface area contributed by atoms with E-state index in [1.807, 2.05) is 0 Å². The van der Waals surface area contributed by atoms with Crippen molar-refractivity contribution in [3.63, 3.8) is 0 Å². The summed E-state index contributed by atoms with van der Waals surface area (Å²) in [5.41, 5.74) is 6.56. The molecule has 0 bridgehead atoms. The van der Waals surface area contributed by atoms with E-state index in [-0.39, 0.29) is 11.9 Å². The molecule has 0 heterocycles. The normalized spacial score (nSPS) is 12.8. The van der Waals surface area contributed by atoms with Gasteiger partial charge in [-0.15, -0.1) is 0 Å². The fourth-order valence-corrected chi connectivity index (χ4v) is 2.06. The number of ether oxygens (including phenoxy) is 1. The largest absolute Gasteiger partial charge is 0.496 e. The number of methoxy groups -OCH3 is 1. The van der Waals surface area contributed by atoms with E-state index >= 15 is 0 Å². The van der Waals surface area contributed by atoms with Gasteiger partial charge < -0.3 is 15.4 Å². The first kappa shape index (κ1) is 14.9. The van der Waals surface area contributed by atoms with E-state index in [9.17, 15) is 4.39 Å². The molecule has 0 aliphatic rings. The number of nitrogens with zero attached hydrogens (tertiary/aromatic N) is 1. The van der Waals surface area contributed by atoms with Crippen molar-refractivity contribution in [2.75, 3.05) is 26.7 Å². The zero-order valence-electron chi connectivity index (χ0n) is 11.4. The highest BCUT2D eigenvalue weighted by atomic mass is 19.1. The van der Waals surface area contributed by atoms with E-state index in [1.54, 1.807) is 12.1 Å². The summed E-state index contributed by atoms with van der Waals surface area (Å²) in [6, 6.07) is 4.47. The first-order chi connectivity index (χ1) is 8.63. The van der Waals surface area contributed by atoms with Gasteiger partial charge in [0.05, 0.1) is 7.11 Å². The Kier molecular flexibility index (Phi) is 6.09. The van der Waals surface area contributed by atoms with E-state index in [4.69, 9.17) is 10.5 Å². The van der Waals surface area contributed by atoms with Crippen molar-refractivity contribution in [2.24, 2.45) is 5.73 Å². The van der Waals surface area contributed by atoms with Crippen molar-refractivity contribution >= 4 is 0 Å². The monoisotopic (exact) mass is 254 g/mol. The van der Waals surface area contributed by atoms with E-state index < -0.39 is 0 Å². The van der Waals surface area contributed by atoms with Gasteiger partial charge in [-0.25, -0.2) is 4.39 Å². The van der Waals surface area contributed by atoms with E-state index in [0.29, 0.717) is 11.3 Å². The Morgan fingerprint density at radius 3 is 2.56 bits per heavy atom. The molecule has 0 spiro atoms. The molecule has 0 radical (unpaired) electrons. The highest BCUT2D eigenvalue weighted by Gasteiger charge is 2.17. The van der Waals surface area contributed by atoms with Crippen LogP contribution in [0.15, 0.2) is 18.2 Å². The molecule has 0 saturated heterocycles. The molecule has 0 amide bonds. The van der Waals surface area contributed by atoms with Gasteiger partial charge in [0.1, 0.15) is 11.6 Å². The van der Waals surface area contributed by atoms with E-state index in [0.717, 1.165) is 26.1 Å². The van der Waals surface area contributed by atoms with Gasteiger partial charge >= 0.3 is 0 Å². The summed E-state index contributed by atoms with van der Waals surface area (Å²) in [5.74, 6) is 0.239. The van der Waals surface area contributed by atoms with Crippen LogP contribution in [0.1, 0.15) is 31.9 Å². The smallest absolute Gasteiger partial charge is 0.131 e. The van der Waals surface area contributed by atoms with E-state index in [2.05, 4.69) is 18.7 Å². The number of nitrogens with two attached hydrogens (primary N) is 1. The van der Waals surface area contributed by atoms with Crippen LogP contribution in [-0.2, 0) is 0 Å². The minimum atomic E-state index is -0.332. The Morgan fingerprint density at radius 2 is 2.00 bits per heavy atom. The first-order valence-electron chi connectivity index (χ1n) is 6.44. The van der Waals surface area contributed by atoms with Gasteiger partial charge in [0.15, 0.2) is 0 Å². The van der Waals surface area contributed by atoms with Crippen molar-refractivity contribution in [3.05, 3.63) is 29.6 Å². The van der Waals surface area contributed by atoms with Crippen LogP contribution in [0.4, 0.5) is 4.39 Å². The molecule has 0 aromatic heterocycles. The second-order valence-electron chi connectivity index (χ2n) is 4.28. The molecular weight excluding hydrogens is 231 g/mol. The Hall–Kier alpha value is -1.13. The summed E-state index contributed by atoms with van der Waals surface area (Å²) in [6.45, 7) is 7.05. The number of halogens is 1. The molecule has 18 heavy (non-hydrogen) atoms. The molecule has 1 atom stereocenters. The first-order valence-corrected chi connectivity index (χ1v) is 6.44. The van der Waals surface area contributed by atoms with Gasteiger partial charge in [-0.1, -0.05) is 19.9 Å². The lowest BCUT2D eigenvalue weighted by atomic mass is 10.0. The summed E-state index contributed by atoms with van der Waals surface area (Å²) < 4.78 is 19.0. The molecule has 3 nitrogen and oxygen atoms in total. The summed E-state index contributed by atoms with van der Waals surface area (Å²) in [5, 5.41) is 0. The van der Waals surface area contributed by atoms with Gasteiger partial charge in [0, 0.05) is 11.6 Å². The van der Waals surface area contributed by atoms with Gasteiger partial charge in [-0.05, 0) is 38.2 Å². The molecule has 1 aromatic rings. The molecular formula is C14H23FN2O. The molecule has 1 aromatic carbocycles. The highest BCUT2D eigenvalue weighted by molar-refractivity contribution is 5.37. The molecule has 1 unspecified atom stereocenters. The van der Waals surface area contributed by atoms with Crippen molar-refractivity contribution in [1.29, 1.82) is 0 Å². The maximum atomic E-state index is 13.8. The molecule has 4 heteroatoms. The van der Waals surface area contributed by atoms with Gasteiger partial charge in [-0.2, -0.15) is 0 Å². The fourth-order valence-electron chi connectivity index (χ4n) is 2.06. The van der Waals surface area contributed by atoms with Crippen LogP contribution in [-0.4, -0.2) is 31.6 Å². The second kappa shape index (κ2) is 7.34. The zero-order valence-corrected chi connectivity index (χ0v) is 11.4. The topological polar surface area (TPSA) is 38.5 Å². The molecule has 0 aliphatic carbocycles. The van der Waals surface area contributed by atoms with Gasteiger partial charge in [-0.3, -0.25) is 0 Å². The highest BCUT2D eigenvalue weighted by Crippen LogP contribution is 2.28. The number of hydrogen-bond acceptors (Lipinski definition) is 3. The maximum absolute atomic E-state index is 13.8. The van der Waals surface area contributed by atoms with Crippen LogP contribution in [0.5, 0.6) is 5.75 Å². The second-order valence-corrected chi connectivity index (χ2v) is 4.28. The molecule has 0 aliphatic heterocycles. The van der Waals surface area contributed by atoms with Crippen LogP contribution in [0.3, 0.4) is 0 Å². The quantitative estimate of drug-likeness (QED) is 0.812. The van der Waals surface area contributed by atoms with Gasteiger partial charge in [0.25, 0.3) is 0 Å². The minimum absolute atomic E-state index is 0.290. The molecule has 0 fully saturated rings. The van der Waals surface area contributed by atoms with E-state index in [1.165, 1.54) is 13.2 Å². The number of hydrogen-bond donors (Lipinski definition) is 1. The average Bonchev–Trinajstić information content (AvgIpc) is 2.39. The molecule has 0 saturated carbocycles. The minimum Gasteiger partial charge on any atom is -0.496 e. The maximum Gasteiger partial charge on any atom is 0.131 e. The van der Waals surface area contributed by atoms with Crippen LogP contribution in [0, 0.1) is 5.82 Å². The lowest BCUT2D eigenvalue weighted by Gasteiger charge is -2.22. The van der Waals surface area contributed by atoms with Crippen molar-refractivity contribution in [2.45, 2.75) is 26.3 Å². The summed E-state index contributed by atoms with van der Waals surface area (Å²) in [4.78, 5) is 2.27. The average molecular weight is 254 g/mol. The Bertz CT molecular complexity index is 367. The number of benzene rings is 1. The van der Waals surface area contributed by atoms with Crippen LogP contribution in [0.25, 0.3) is 0 Å². The predicted octanol–water partition coefficient (Wildman–Crippen LogP) is 2.57. The lowest BCUT2D eigenvalue weighted by Crippen LogP contribution is -2.27. The van der Waals surface area contributed by atoms with Crippen molar-refractivity contribution < 1.29 is 9.13 Å². The summed E-state index contributed by atoms with van der Waals surface area (Å²) >= 11 is 0. The van der Waals surface area contributed by atoms with Crippen LogP contribution in [0.2, 0.25) is 0 Å². The van der Waals surface area contributed by atoms with Crippen LogP contribution >= 0.6 is 0 Å². The summed E-state index contributed by atoms with van der Waals surface area (Å²) in [6.07, 6.45) is 0.721.